The van der Waals surface area contributed by atoms with Crippen LogP contribution >= 0.6 is 0 Å². The molecule has 4 heterocycles. The summed E-state index contributed by atoms with van der Waals surface area (Å²) in [6.45, 7) is -0.0392. The summed E-state index contributed by atoms with van der Waals surface area (Å²) < 4.78 is 16.9. The Bertz CT molecular complexity index is 2050. The highest BCUT2D eigenvalue weighted by molar-refractivity contribution is 5.92. The molecule has 12 heteroatoms. The van der Waals surface area contributed by atoms with E-state index in [0.29, 0.717) is 5.56 Å². The van der Waals surface area contributed by atoms with Crippen molar-refractivity contribution in [3.05, 3.63) is 137 Å². The van der Waals surface area contributed by atoms with Crippen LogP contribution in [0.25, 0.3) is 22.3 Å². The summed E-state index contributed by atoms with van der Waals surface area (Å²) in [4.78, 5) is 61.4. The maximum Gasteiger partial charge on any atom is 0.345 e. The van der Waals surface area contributed by atoms with E-state index in [1.807, 2.05) is 0 Å². The molecule has 2 aromatic carbocycles. The van der Waals surface area contributed by atoms with Crippen molar-refractivity contribution >= 4 is 22.9 Å². The standard InChI is InChI=1S/C33H21N3O9/c37-26-14-21(7-10-27(26)44-33(40)23-6-3-13-36-18-23)30-31(45-41-19-20-4-1-11-34-16-20)29(38)25-9-8-24(15-28(25)43-30)42-32(39)22-5-2-12-35-17-22/h1-18,37H,19H2. The zero-order valence-electron chi connectivity index (χ0n) is 23.2. The molecule has 0 radical (unpaired) electrons. The van der Waals surface area contributed by atoms with Gasteiger partial charge in [0.15, 0.2) is 17.3 Å². The number of carbonyl (C=O) groups excluding carboxylic acids is 2. The molecule has 45 heavy (non-hydrogen) atoms. The van der Waals surface area contributed by atoms with E-state index < -0.39 is 23.1 Å². The number of ether oxygens (including phenoxy) is 2. The minimum absolute atomic E-state index is 0.0392. The van der Waals surface area contributed by atoms with Crippen LogP contribution in [0.2, 0.25) is 0 Å². The molecule has 0 bridgehead atoms. The molecule has 0 aliphatic heterocycles. The molecular weight excluding hydrogens is 582 g/mol. The second-order valence-electron chi connectivity index (χ2n) is 9.40. The van der Waals surface area contributed by atoms with Crippen molar-refractivity contribution in [2.24, 2.45) is 0 Å². The predicted molar refractivity (Wildman–Crippen MR) is 158 cm³/mol. The second-order valence-corrected chi connectivity index (χ2v) is 9.40. The van der Waals surface area contributed by atoms with Crippen LogP contribution in [0.3, 0.4) is 0 Å². The number of carbonyl (C=O) groups is 2. The predicted octanol–water partition coefficient (Wildman–Crippen LogP) is 5.30. The van der Waals surface area contributed by atoms with Crippen molar-refractivity contribution in [1.82, 2.24) is 15.0 Å². The lowest BCUT2D eigenvalue weighted by atomic mass is 10.1. The number of benzene rings is 2. The van der Waals surface area contributed by atoms with E-state index in [4.69, 9.17) is 23.7 Å². The van der Waals surface area contributed by atoms with Crippen LogP contribution in [0.15, 0.2) is 119 Å². The van der Waals surface area contributed by atoms with E-state index in [-0.39, 0.29) is 57.3 Å². The molecule has 0 amide bonds. The van der Waals surface area contributed by atoms with E-state index >= 15 is 0 Å². The van der Waals surface area contributed by atoms with Gasteiger partial charge in [0.1, 0.15) is 17.9 Å². The van der Waals surface area contributed by atoms with Crippen molar-refractivity contribution in [1.29, 1.82) is 0 Å². The molecule has 222 valence electrons. The van der Waals surface area contributed by atoms with Gasteiger partial charge in [-0.05, 0) is 60.7 Å². The van der Waals surface area contributed by atoms with E-state index in [0.717, 1.165) is 0 Å². The zero-order chi connectivity index (χ0) is 31.2. The molecule has 0 fully saturated rings. The molecule has 1 N–H and O–H groups in total. The fourth-order valence-corrected chi connectivity index (χ4v) is 4.16. The number of aromatic hydroxyl groups is 1. The Labute approximate surface area is 254 Å². The van der Waals surface area contributed by atoms with E-state index in [1.165, 1.54) is 67.3 Å². The summed E-state index contributed by atoms with van der Waals surface area (Å²) in [6, 6.07) is 18.0. The maximum absolute atomic E-state index is 13.6. The van der Waals surface area contributed by atoms with Crippen LogP contribution in [-0.2, 0) is 11.5 Å². The molecule has 0 unspecified atom stereocenters. The number of aromatic nitrogens is 3. The van der Waals surface area contributed by atoms with Gasteiger partial charge in [0.25, 0.3) is 5.75 Å². The highest BCUT2D eigenvalue weighted by Gasteiger charge is 2.22. The van der Waals surface area contributed by atoms with Gasteiger partial charge in [-0.2, -0.15) is 4.89 Å². The van der Waals surface area contributed by atoms with Crippen LogP contribution in [0.5, 0.6) is 23.0 Å². The first-order chi connectivity index (χ1) is 22.0. The fourth-order valence-electron chi connectivity index (χ4n) is 4.16. The van der Waals surface area contributed by atoms with Gasteiger partial charge >= 0.3 is 11.9 Å². The molecule has 0 aliphatic rings. The first kappa shape index (κ1) is 28.7. The van der Waals surface area contributed by atoms with Gasteiger partial charge in [0.2, 0.25) is 5.43 Å². The van der Waals surface area contributed by atoms with Gasteiger partial charge in [-0.25, -0.2) is 9.59 Å². The number of rotatable bonds is 9. The van der Waals surface area contributed by atoms with E-state index in [1.54, 1.807) is 42.7 Å². The molecule has 0 aliphatic carbocycles. The van der Waals surface area contributed by atoms with Crippen LogP contribution in [-0.4, -0.2) is 32.0 Å². The third-order valence-electron chi connectivity index (χ3n) is 6.34. The van der Waals surface area contributed by atoms with Gasteiger partial charge in [0.05, 0.1) is 16.5 Å². The summed E-state index contributed by atoms with van der Waals surface area (Å²) in [5, 5.41) is 10.8. The van der Waals surface area contributed by atoms with Crippen molar-refractivity contribution in [3.63, 3.8) is 0 Å². The number of pyridine rings is 3. The normalized spacial score (nSPS) is 10.8. The van der Waals surface area contributed by atoms with Crippen LogP contribution < -0.4 is 19.8 Å². The Kier molecular flexibility index (Phi) is 8.20. The molecule has 0 atom stereocenters. The lowest BCUT2D eigenvalue weighted by Gasteiger charge is -2.13. The van der Waals surface area contributed by atoms with Gasteiger partial charge in [0, 0.05) is 54.4 Å². The van der Waals surface area contributed by atoms with Crippen LogP contribution in [0.4, 0.5) is 0 Å². The first-order valence-electron chi connectivity index (χ1n) is 13.3. The zero-order valence-corrected chi connectivity index (χ0v) is 23.2. The SMILES string of the molecule is O=C(Oc1ccc2c(=O)c(OOCc3cccnc3)c(-c3ccc(OC(=O)c4cccnc4)c(O)c3)oc2c1)c1cccnc1. The number of hydrogen-bond acceptors (Lipinski definition) is 12. The Morgan fingerprint density at radius 3 is 2.11 bits per heavy atom. The summed E-state index contributed by atoms with van der Waals surface area (Å²) >= 11 is 0. The smallest absolute Gasteiger partial charge is 0.345 e. The van der Waals surface area contributed by atoms with Crippen LogP contribution in [0, 0.1) is 0 Å². The quantitative estimate of drug-likeness (QED) is 0.0984. The van der Waals surface area contributed by atoms with E-state index in [2.05, 4.69) is 15.0 Å². The molecule has 0 spiro atoms. The third-order valence-corrected chi connectivity index (χ3v) is 6.34. The lowest BCUT2D eigenvalue weighted by Crippen LogP contribution is -2.12. The first-order valence-corrected chi connectivity index (χ1v) is 13.3. The summed E-state index contributed by atoms with van der Waals surface area (Å²) in [6.07, 6.45) is 8.90. The van der Waals surface area contributed by atoms with Crippen molar-refractivity contribution < 1.29 is 38.4 Å². The average molecular weight is 604 g/mol. The van der Waals surface area contributed by atoms with Gasteiger partial charge in [-0.15, -0.1) is 0 Å². The minimum Gasteiger partial charge on any atom is -0.504 e. The van der Waals surface area contributed by atoms with Crippen molar-refractivity contribution in [2.45, 2.75) is 6.61 Å². The molecule has 0 saturated heterocycles. The molecule has 12 nitrogen and oxygen atoms in total. The highest BCUT2D eigenvalue weighted by Crippen LogP contribution is 2.37. The number of nitrogens with zero attached hydrogens (tertiary/aromatic N) is 3. The minimum atomic E-state index is -0.732. The Balaban J connectivity index is 1.35. The molecule has 6 aromatic rings. The van der Waals surface area contributed by atoms with Crippen LogP contribution in [0.1, 0.15) is 26.3 Å². The Morgan fingerprint density at radius 1 is 0.778 bits per heavy atom. The number of phenols is 1. The van der Waals surface area contributed by atoms with Crippen molar-refractivity contribution in [2.75, 3.05) is 0 Å². The summed E-state index contributed by atoms with van der Waals surface area (Å²) in [7, 11) is 0. The van der Waals surface area contributed by atoms with Gasteiger partial charge < -0.3 is 23.9 Å². The number of fused-ring (bicyclic) bond motifs is 1. The monoisotopic (exact) mass is 603 g/mol. The number of esters is 2. The molecule has 6 rings (SSSR count). The summed E-state index contributed by atoms with van der Waals surface area (Å²) in [5.41, 5.74) is 0.732. The maximum atomic E-state index is 13.6. The summed E-state index contributed by atoms with van der Waals surface area (Å²) in [5.74, 6) is -2.28. The van der Waals surface area contributed by atoms with Crippen molar-refractivity contribution in [3.8, 4) is 34.3 Å². The average Bonchev–Trinajstić information content (AvgIpc) is 3.07. The fraction of sp³-hybridized carbons (Fsp3) is 0.0303. The third kappa shape index (κ3) is 6.50. The second kappa shape index (κ2) is 12.9. The van der Waals surface area contributed by atoms with Gasteiger partial charge in [-0.3, -0.25) is 19.7 Å². The Hall–Kier alpha value is -6.40. The van der Waals surface area contributed by atoms with E-state index in [9.17, 15) is 19.5 Å². The highest BCUT2D eigenvalue weighted by atomic mass is 17.2. The lowest BCUT2D eigenvalue weighted by molar-refractivity contribution is -0.218. The topological polar surface area (TPSA) is 160 Å². The molecular formula is C33H21N3O9. The molecule has 4 aromatic heterocycles. The molecule has 0 saturated carbocycles. The number of hydrogen-bond donors (Lipinski definition) is 1. The Morgan fingerprint density at radius 2 is 1.47 bits per heavy atom. The number of phenolic OH excluding ortho intramolecular Hbond substituents is 1. The largest absolute Gasteiger partial charge is 0.504 e. The van der Waals surface area contributed by atoms with Gasteiger partial charge in [-0.1, -0.05) is 6.07 Å².